The van der Waals surface area contributed by atoms with Gasteiger partial charge < -0.3 is 4.55 Å². The molecule has 0 fully saturated rings. The first-order valence-corrected chi connectivity index (χ1v) is 17.1. The highest BCUT2D eigenvalue weighted by Gasteiger charge is 2.37. The summed E-state index contributed by atoms with van der Waals surface area (Å²) in [6.07, 6.45) is 2.35. The molecule has 0 saturated carbocycles. The van der Waals surface area contributed by atoms with Crippen molar-refractivity contribution >= 4 is 31.7 Å². The SMILES string of the molecule is CC(c1cccc2ccccc12)n1c[n+](C(C)c2cccc3ccccc23)c(-c2ccccc2)c1-c1ccccc1.O=S(=O)([O-])C(F)(F)F. The second-order valence-electron chi connectivity index (χ2n) is 11.7. The maximum atomic E-state index is 10.7. The second-order valence-corrected chi connectivity index (χ2v) is 13.1. The Hall–Kier alpha value is -5.25. The molecule has 0 N–H and O–H groups in total. The third kappa shape index (κ3) is 6.86. The van der Waals surface area contributed by atoms with E-state index in [1.807, 2.05) is 0 Å². The number of aromatic nitrogens is 2. The molecule has 6 aromatic carbocycles. The molecule has 0 aliphatic heterocycles. The summed E-state index contributed by atoms with van der Waals surface area (Å²) < 4.78 is 63.9. The molecule has 0 saturated heterocycles. The zero-order chi connectivity index (χ0) is 34.8. The number of imidazole rings is 1. The van der Waals surface area contributed by atoms with E-state index < -0.39 is 15.6 Å². The van der Waals surface area contributed by atoms with E-state index in [1.54, 1.807) is 0 Å². The van der Waals surface area contributed by atoms with Gasteiger partial charge in [0, 0.05) is 22.3 Å². The van der Waals surface area contributed by atoms with Crippen LogP contribution in [0.3, 0.4) is 0 Å². The van der Waals surface area contributed by atoms with Gasteiger partial charge in [-0.3, -0.25) is 0 Å². The summed E-state index contributed by atoms with van der Waals surface area (Å²) >= 11 is 0. The van der Waals surface area contributed by atoms with Crippen molar-refractivity contribution in [3.63, 3.8) is 0 Å². The molecule has 9 heteroatoms. The number of nitrogens with zero attached hydrogens (tertiary/aromatic N) is 2. The number of halogens is 3. The highest BCUT2D eigenvalue weighted by molar-refractivity contribution is 7.86. The average Bonchev–Trinajstić information content (AvgIpc) is 3.51. The molecule has 0 spiro atoms. The van der Waals surface area contributed by atoms with Crippen molar-refractivity contribution in [3.8, 4) is 22.5 Å². The van der Waals surface area contributed by atoms with Crippen molar-refractivity contribution in [2.24, 2.45) is 0 Å². The largest absolute Gasteiger partial charge is 0.741 e. The molecule has 248 valence electrons. The predicted molar refractivity (Wildman–Crippen MR) is 187 cm³/mol. The number of fused-ring (bicyclic) bond motifs is 2. The number of rotatable bonds is 6. The normalized spacial score (nSPS) is 13.1. The van der Waals surface area contributed by atoms with Crippen LogP contribution in [0.25, 0.3) is 44.1 Å². The topological polar surface area (TPSA) is 66.0 Å². The maximum absolute atomic E-state index is 10.7. The molecular formula is C40H33F3N2O3S. The molecule has 2 atom stereocenters. The monoisotopic (exact) mass is 678 g/mol. The number of hydrogen-bond donors (Lipinski definition) is 0. The Morgan fingerprint density at radius 1 is 0.612 bits per heavy atom. The summed E-state index contributed by atoms with van der Waals surface area (Å²) in [5.74, 6) is 0. The zero-order valence-electron chi connectivity index (χ0n) is 26.7. The van der Waals surface area contributed by atoms with E-state index in [-0.39, 0.29) is 12.1 Å². The van der Waals surface area contributed by atoms with E-state index in [2.05, 4.69) is 175 Å². The quantitative estimate of drug-likeness (QED) is 0.1000. The van der Waals surface area contributed by atoms with E-state index in [0.717, 1.165) is 0 Å². The fraction of sp³-hybridized carbons (Fsp3) is 0.125. The fourth-order valence-corrected chi connectivity index (χ4v) is 6.37. The van der Waals surface area contributed by atoms with Gasteiger partial charge in [0.05, 0.1) is 0 Å². The van der Waals surface area contributed by atoms with E-state index in [9.17, 15) is 13.2 Å². The molecule has 7 rings (SSSR count). The number of alkyl halides is 3. The lowest BCUT2D eigenvalue weighted by molar-refractivity contribution is -0.699. The van der Waals surface area contributed by atoms with Crippen molar-refractivity contribution in [1.82, 2.24) is 4.57 Å². The minimum Gasteiger partial charge on any atom is -0.741 e. The van der Waals surface area contributed by atoms with Gasteiger partial charge in [-0.1, -0.05) is 146 Å². The first-order chi connectivity index (χ1) is 23.5. The Balaban J connectivity index is 0.000000466. The summed E-state index contributed by atoms with van der Waals surface area (Å²) in [7, 11) is -6.09. The van der Waals surface area contributed by atoms with Crippen LogP contribution in [0.1, 0.15) is 37.1 Å². The second kappa shape index (κ2) is 13.7. The van der Waals surface area contributed by atoms with E-state index in [4.69, 9.17) is 13.0 Å². The lowest BCUT2D eigenvalue weighted by Gasteiger charge is -2.15. The van der Waals surface area contributed by atoms with Crippen LogP contribution < -0.4 is 4.57 Å². The zero-order valence-corrected chi connectivity index (χ0v) is 27.6. The highest BCUT2D eigenvalue weighted by Crippen LogP contribution is 2.37. The Morgan fingerprint density at radius 2 is 1.04 bits per heavy atom. The van der Waals surface area contributed by atoms with Gasteiger partial charge in [-0.15, -0.1) is 0 Å². The van der Waals surface area contributed by atoms with Gasteiger partial charge in [-0.25, -0.2) is 17.6 Å². The first-order valence-electron chi connectivity index (χ1n) is 15.7. The average molecular weight is 679 g/mol. The first kappa shape index (κ1) is 33.6. The van der Waals surface area contributed by atoms with Crippen molar-refractivity contribution in [3.05, 3.63) is 163 Å². The Bertz CT molecular complexity index is 2190. The standard InChI is InChI=1S/C39H33N2.CHF3O3S/c1-28(34-25-13-21-30-15-9-11-23-36(30)34)40-27-41(29(2)35-26-14-22-31-16-10-12-24-37(31)35)39(33-19-7-4-8-20-33)38(40)32-17-5-3-6-18-32;2-1(3,4)8(5,6)7/h3-29H,1-2H3;(H,5,6,7)/q+1;/p-1. The molecule has 0 amide bonds. The molecule has 5 nitrogen and oxygen atoms in total. The third-order valence-corrected chi connectivity index (χ3v) is 9.32. The van der Waals surface area contributed by atoms with Crippen LogP contribution in [0, 0.1) is 0 Å². The van der Waals surface area contributed by atoms with Crippen LogP contribution >= 0.6 is 0 Å². The van der Waals surface area contributed by atoms with Gasteiger partial charge in [-0.05, 0) is 35.4 Å². The summed E-state index contributed by atoms with van der Waals surface area (Å²) in [6, 6.07) is 52.7. The third-order valence-electron chi connectivity index (χ3n) is 8.75. The van der Waals surface area contributed by atoms with Crippen molar-refractivity contribution in [1.29, 1.82) is 0 Å². The van der Waals surface area contributed by atoms with Gasteiger partial charge in [0.1, 0.15) is 12.1 Å². The van der Waals surface area contributed by atoms with Crippen LogP contribution in [-0.4, -0.2) is 23.0 Å². The molecule has 0 bridgehead atoms. The lowest BCUT2D eigenvalue weighted by Crippen LogP contribution is -2.39. The number of hydrogen-bond acceptors (Lipinski definition) is 3. The van der Waals surface area contributed by atoms with Crippen LogP contribution in [0.2, 0.25) is 0 Å². The Labute approximate surface area is 283 Å². The summed E-state index contributed by atoms with van der Waals surface area (Å²) in [4.78, 5) is 0. The van der Waals surface area contributed by atoms with Crippen molar-refractivity contribution in [2.45, 2.75) is 31.4 Å². The molecule has 2 unspecified atom stereocenters. The summed E-state index contributed by atoms with van der Waals surface area (Å²) in [5.41, 5.74) is 1.87. The van der Waals surface area contributed by atoms with Gasteiger partial charge in [-0.2, -0.15) is 13.2 Å². The summed E-state index contributed by atoms with van der Waals surface area (Å²) in [6.45, 7) is 4.66. The minimum absolute atomic E-state index is 0.111. The summed E-state index contributed by atoms with van der Waals surface area (Å²) in [5, 5.41) is 5.13. The van der Waals surface area contributed by atoms with E-state index in [0.29, 0.717) is 0 Å². The van der Waals surface area contributed by atoms with Crippen LogP contribution in [0.5, 0.6) is 0 Å². The van der Waals surface area contributed by atoms with Gasteiger partial charge >= 0.3 is 5.51 Å². The van der Waals surface area contributed by atoms with Gasteiger partial charge in [0.15, 0.2) is 21.5 Å². The molecule has 49 heavy (non-hydrogen) atoms. The van der Waals surface area contributed by atoms with Gasteiger partial charge in [0.2, 0.25) is 6.33 Å². The molecule has 0 aliphatic carbocycles. The van der Waals surface area contributed by atoms with Crippen LogP contribution in [0.4, 0.5) is 13.2 Å². The molecule has 7 aromatic rings. The van der Waals surface area contributed by atoms with Crippen molar-refractivity contribution < 1.29 is 30.7 Å². The fourth-order valence-electron chi connectivity index (χ4n) is 6.37. The van der Waals surface area contributed by atoms with Crippen LogP contribution in [0.15, 0.2) is 152 Å². The molecular weight excluding hydrogens is 646 g/mol. The molecule has 0 radical (unpaired) electrons. The smallest absolute Gasteiger partial charge is 0.485 e. The minimum atomic E-state index is -6.09. The molecule has 1 aromatic heterocycles. The Morgan fingerprint density at radius 3 is 1.57 bits per heavy atom. The van der Waals surface area contributed by atoms with E-state index in [1.165, 1.54) is 55.2 Å². The molecule has 0 aliphatic rings. The predicted octanol–water partition coefficient (Wildman–Crippen LogP) is 9.69. The number of benzene rings is 6. The van der Waals surface area contributed by atoms with E-state index >= 15 is 0 Å². The van der Waals surface area contributed by atoms with Gasteiger partial charge in [0.25, 0.3) is 0 Å². The maximum Gasteiger partial charge on any atom is 0.485 e. The molecule has 1 heterocycles. The highest BCUT2D eigenvalue weighted by atomic mass is 32.2. The van der Waals surface area contributed by atoms with Crippen molar-refractivity contribution in [2.75, 3.05) is 0 Å². The Kier molecular flexibility index (Phi) is 9.41. The lowest BCUT2D eigenvalue weighted by atomic mass is 9.97. The van der Waals surface area contributed by atoms with Crippen LogP contribution in [-0.2, 0) is 10.1 Å².